The van der Waals surface area contributed by atoms with Crippen molar-refractivity contribution in [1.82, 2.24) is 25.0 Å². The largest absolute Gasteiger partial charge is 0.352 e. The Kier molecular flexibility index (Phi) is 5.63. The fraction of sp³-hybridized carbons (Fsp3) is 0.250. The zero-order chi connectivity index (χ0) is 18.4. The number of hydrogen-bond acceptors (Lipinski definition) is 3. The minimum Gasteiger partial charge on any atom is -0.352 e. The van der Waals surface area contributed by atoms with Crippen LogP contribution in [0.5, 0.6) is 0 Å². The zero-order valence-electron chi connectivity index (χ0n) is 15.4. The summed E-state index contributed by atoms with van der Waals surface area (Å²) < 4.78 is 1.81. The molecule has 3 aromatic rings. The van der Waals surface area contributed by atoms with E-state index in [-0.39, 0.29) is 0 Å². The monoisotopic (exact) mass is 348 g/mol. The molecule has 0 aliphatic rings. The van der Waals surface area contributed by atoms with Gasteiger partial charge in [0, 0.05) is 57.8 Å². The summed E-state index contributed by atoms with van der Waals surface area (Å²) >= 11 is 0. The van der Waals surface area contributed by atoms with E-state index >= 15 is 0 Å². The minimum atomic E-state index is 0.699. The van der Waals surface area contributed by atoms with Gasteiger partial charge in [0.2, 0.25) is 0 Å². The molecule has 0 atom stereocenters. The number of aliphatic imine (C=N–C) groups is 1. The Hall–Kier alpha value is -3.15. The van der Waals surface area contributed by atoms with E-state index in [0.717, 1.165) is 29.3 Å². The van der Waals surface area contributed by atoms with Gasteiger partial charge in [-0.25, -0.2) is 0 Å². The van der Waals surface area contributed by atoms with Gasteiger partial charge in [0.25, 0.3) is 0 Å². The molecule has 0 radical (unpaired) electrons. The maximum Gasteiger partial charge on any atom is 0.193 e. The van der Waals surface area contributed by atoms with Crippen molar-refractivity contribution in [3.8, 4) is 11.3 Å². The lowest BCUT2D eigenvalue weighted by Crippen LogP contribution is -2.37. The van der Waals surface area contributed by atoms with Crippen molar-refractivity contribution >= 4 is 5.96 Å². The molecular formula is C20H24N6. The molecule has 0 aliphatic heterocycles. The number of pyridine rings is 1. The normalized spacial score (nSPS) is 11.4. The number of nitrogens with one attached hydrogen (secondary N) is 1. The molecule has 2 aromatic heterocycles. The Labute approximate surface area is 154 Å². The number of hydrogen-bond donors (Lipinski definition) is 1. The first-order valence-corrected chi connectivity index (χ1v) is 8.55. The summed E-state index contributed by atoms with van der Waals surface area (Å²) in [6.07, 6.45) is 5.70. The van der Waals surface area contributed by atoms with Crippen LogP contribution in [-0.4, -0.2) is 39.7 Å². The summed E-state index contributed by atoms with van der Waals surface area (Å²) in [5, 5.41) is 7.63. The Morgan fingerprint density at radius 3 is 2.77 bits per heavy atom. The van der Waals surface area contributed by atoms with Crippen LogP contribution in [0.15, 0.2) is 66.0 Å². The fourth-order valence-corrected chi connectivity index (χ4v) is 2.84. The molecule has 6 heteroatoms. The van der Waals surface area contributed by atoms with Gasteiger partial charge in [-0.3, -0.25) is 14.7 Å². The van der Waals surface area contributed by atoms with Crippen molar-refractivity contribution < 1.29 is 0 Å². The van der Waals surface area contributed by atoms with Crippen LogP contribution in [0.3, 0.4) is 0 Å². The highest BCUT2D eigenvalue weighted by Gasteiger charge is 2.08. The van der Waals surface area contributed by atoms with E-state index < -0.39 is 0 Å². The fourth-order valence-electron chi connectivity index (χ4n) is 2.84. The Balaban J connectivity index is 1.63. The molecule has 0 saturated carbocycles. The maximum absolute atomic E-state index is 4.42. The average Bonchev–Trinajstić information content (AvgIpc) is 3.08. The Morgan fingerprint density at radius 2 is 2.08 bits per heavy atom. The van der Waals surface area contributed by atoms with Crippen LogP contribution in [0.4, 0.5) is 0 Å². The molecule has 2 heterocycles. The third kappa shape index (κ3) is 4.47. The quantitative estimate of drug-likeness (QED) is 0.569. The van der Waals surface area contributed by atoms with Gasteiger partial charge < -0.3 is 10.2 Å². The van der Waals surface area contributed by atoms with Crippen LogP contribution in [0.1, 0.15) is 11.1 Å². The lowest BCUT2D eigenvalue weighted by molar-refractivity contribution is 0.476. The third-order valence-electron chi connectivity index (χ3n) is 4.09. The standard InChI is InChI=1S/C20H24N6/c1-21-20(25(2)14-17-13-24-26(3)15-17)23-12-16-7-6-8-18(11-16)19-9-4-5-10-22-19/h4-11,13,15H,12,14H2,1-3H3,(H,21,23). The van der Waals surface area contributed by atoms with Crippen LogP contribution >= 0.6 is 0 Å². The summed E-state index contributed by atoms with van der Waals surface area (Å²) in [7, 11) is 5.74. The highest BCUT2D eigenvalue weighted by molar-refractivity contribution is 5.79. The molecular weight excluding hydrogens is 324 g/mol. The van der Waals surface area contributed by atoms with Gasteiger partial charge in [-0.05, 0) is 23.8 Å². The smallest absolute Gasteiger partial charge is 0.193 e. The molecule has 0 saturated heterocycles. The summed E-state index contributed by atoms with van der Waals surface area (Å²) in [4.78, 5) is 10.9. The SMILES string of the molecule is CN=C(NCc1cccc(-c2ccccn2)c1)N(C)Cc1cnn(C)c1. The molecule has 0 bridgehead atoms. The summed E-state index contributed by atoms with van der Waals surface area (Å²) in [5.74, 6) is 0.845. The molecule has 0 aliphatic carbocycles. The Morgan fingerprint density at radius 1 is 1.19 bits per heavy atom. The van der Waals surface area contributed by atoms with E-state index in [1.54, 1.807) is 7.05 Å². The molecule has 0 amide bonds. The molecule has 3 rings (SSSR count). The molecule has 0 fully saturated rings. The third-order valence-corrected chi connectivity index (χ3v) is 4.09. The van der Waals surface area contributed by atoms with Gasteiger partial charge in [0.1, 0.15) is 0 Å². The maximum atomic E-state index is 4.42. The lowest BCUT2D eigenvalue weighted by atomic mass is 10.1. The molecule has 134 valence electrons. The second-order valence-corrected chi connectivity index (χ2v) is 6.19. The first-order chi connectivity index (χ1) is 12.7. The van der Waals surface area contributed by atoms with Crippen molar-refractivity contribution in [3.05, 3.63) is 72.2 Å². The van der Waals surface area contributed by atoms with Gasteiger partial charge in [-0.15, -0.1) is 0 Å². The van der Waals surface area contributed by atoms with Crippen molar-refractivity contribution in [3.63, 3.8) is 0 Å². The van der Waals surface area contributed by atoms with E-state index in [1.807, 2.05) is 55.6 Å². The van der Waals surface area contributed by atoms with Crippen molar-refractivity contribution in [1.29, 1.82) is 0 Å². The molecule has 0 unspecified atom stereocenters. The highest BCUT2D eigenvalue weighted by atomic mass is 15.3. The van der Waals surface area contributed by atoms with E-state index in [4.69, 9.17) is 0 Å². The molecule has 0 spiro atoms. The topological polar surface area (TPSA) is 58.3 Å². The zero-order valence-corrected chi connectivity index (χ0v) is 15.4. The second-order valence-electron chi connectivity index (χ2n) is 6.19. The van der Waals surface area contributed by atoms with Crippen LogP contribution in [0.25, 0.3) is 11.3 Å². The van der Waals surface area contributed by atoms with Gasteiger partial charge in [0.05, 0.1) is 11.9 Å². The number of guanidine groups is 1. The van der Waals surface area contributed by atoms with Crippen LogP contribution in [0, 0.1) is 0 Å². The van der Waals surface area contributed by atoms with Gasteiger partial charge in [-0.2, -0.15) is 5.10 Å². The van der Waals surface area contributed by atoms with E-state index in [9.17, 15) is 0 Å². The van der Waals surface area contributed by atoms with Crippen molar-refractivity contribution in [2.24, 2.45) is 12.0 Å². The predicted molar refractivity (Wildman–Crippen MR) is 105 cm³/mol. The first-order valence-electron chi connectivity index (χ1n) is 8.55. The van der Waals surface area contributed by atoms with Gasteiger partial charge >= 0.3 is 0 Å². The summed E-state index contributed by atoms with van der Waals surface area (Å²) in [6.45, 7) is 1.45. The van der Waals surface area contributed by atoms with Crippen LogP contribution in [-0.2, 0) is 20.1 Å². The second kappa shape index (κ2) is 8.29. The van der Waals surface area contributed by atoms with Gasteiger partial charge in [-0.1, -0.05) is 24.3 Å². The van der Waals surface area contributed by atoms with E-state index in [0.29, 0.717) is 6.54 Å². The molecule has 26 heavy (non-hydrogen) atoms. The minimum absolute atomic E-state index is 0.699. The van der Waals surface area contributed by atoms with Crippen molar-refractivity contribution in [2.75, 3.05) is 14.1 Å². The molecule has 1 aromatic carbocycles. The van der Waals surface area contributed by atoms with Crippen LogP contribution < -0.4 is 5.32 Å². The first kappa shape index (κ1) is 17.7. The number of aryl methyl sites for hydroxylation is 1. The predicted octanol–water partition coefficient (Wildman–Crippen LogP) is 2.69. The molecule has 6 nitrogen and oxygen atoms in total. The average molecular weight is 348 g/mol. The van der Waals surface area contributed by atoms with E-state index in [1.165, 1.54) is 5.56 Å². The highest BCUT2D eigenvalue weighted by Crippen LogP contribution is 2.17. The van der Waals surface area contributed by atoms with Crippen LogP contribution in [0.2, 0.25) is 0 Å². The van der Waals surface area contributed by atoms with E-state index in [2.05, 4.69) is 49.6 Å². The number of benzene rings is 1. The summed E-state index contributed by atoms with van der Waals surface area (Å²) in [5.41, 5.74) is 4.43. The number of aromatic nitrogens is 3. The summed E-state index contributed by atoms with van der Waals surface area (Å²) in [6, 6.07) is 14.3. The van der Waals surface area contributed by atoms with Crippen molar-refractivity contribution in [2.45, 2.75) is 13.1 Å². The lowest BCUT2D eigenvalue weighted by Gasteiger charge is -2.21. The Bertz CT molecular complexity index is 869. The number of rotatable bonds is 5. The number of nitrogens with zero attached hydrogens (tertiary/aromatic N) is 5. The van der Waals surface area contributed by atoms with Gasteiger partial charge in [0.15, 0.2) is 5.96 Å². The molecule has 1 N–H and O–H groups in total.